The van der Waals surface area contributed by atoms with Crippen molar-refractivity contribution in [3.8, 4) is 6.07 Å². The Morgan fingerprint density at radius 3 is 2.55 bits per heavy atom. The van der Waals surface area contributed by atoms with Crippen molar-refractivity contribution in [3.63, 3.8) is 0 Å². The lowest BCUT2D eigenvalue weighted by Gasteiger charge is -2.29. The second kappa shape index (κ2) is 9.75. The second-order valence-electron chi connectivity index (χ2n) is 7.62. The average Bonchev–Trinajstić information content (AvgIpc) is 2.82. The summed E-state index contributed by atoms with van der Waals surface area (Å²) in [6.45, 7) is 5.31. The first-order valence-electron chi connectivity index (χ1n) is 10.4. The number of nitrogens with one attached hydrogen (secondary N) is 2. The predicted molar refractivity (Wildman–Crippen MR) is 132 cm³/mol. The number of nitro benzene ring substituents is 1. The Morgan fingerprint density at radius 2 is 1.88 bits per heavy atom. The lowest BCUT2D eigenvalue weighted by molar-refractivity contribution is -0.384. The third-order valence-electron chi connectivity index (χ3n) is 5.43. The number of aromatic nitrogens is 2. The van der Waals surface area contributed by atoms with Gasteiger partial charge in [0.15, 0.2) is 0 Å². The quantitative estimate of drug-likeness (QED) is 0.389. The van der Waals surface area contributed by atoms with Gasteiger partial charge in [-0.15, -0.1) is 0 Å². The Labute approximate surface area is 196 Å². The average molecular weight is 462 g/mol. The van der Waals surface area contributed by atoms with E-state index in [1.807, 2.05) is 24.8 Å². The zero-order valence-corrected chi connectivity index (χ0v) is 19.1. The van der Waals surface area contributed by atoms with E-state index in [0.29, 0.717) is 34.3 Å². The minimum absolute atomic E-state index is 0.125. The molecule has 1 fully saturated rings. The van der Waals surface area contributed by atoms with E-state index < -0.39 is 0 Å². The van der Waals surface area contributed by atoms with E-state index in [1.54, 1.807) is 43.5 Å². The largest absolute Gasteiger partial charge is 0.364 e. The Bertz CT molecular complexity index is 1220. The molecule has 2 N–H and O–H groups in total. The van der Waals surface area contributed by atoms with Crippen LogP contribution in [0.3, 0.4) is 0 Å². The van der Waals surface area contributed by atoms with E-state index in [4.69, 9.17) is 5.26 Å². The van der Waals surface area contributed by atoms with Crippen molar-refractivity contribution in [1.82, 2.24) is 9.97 Å². The lowest BCUT2D eigenvalue weighted by atomic mass is 10.0. The van der Waals surface area contributed by atoms with Gasteiger partial charge in [-0.3, -0.25) is 10.1 Å². The molecule has 0 atom stereocenters. The summed E-state index contributed by atoms with van der Waals surface area (Å²) in [6, 6.07) is 12.6. The zero-order valence-electron chi connectivity index (χ0n) is 18.3. The zero-order chi connectivity index (χ0) is 23.4. The van der Waals surface area contributed by atoms with Crippen LogP contribution in [0, 0.1) is 35.3 Å². The molecule has 1 saturated heterocycles. The lowest BCUT2D eigenvalue weighted by Crippen LogP contribution is -2.33. The van der Waals surface area contributed by atoms with Crippen LogP contribution in [0.1, 0.15) is 16.7 Å². The van der Waals surface area contributed by atoms with Gasteiger partial charge in [0.2, 0.25) is 5.95 Å². The minimum Gasteiger partial charge on any atom is -0.364 e. The molecule has 0 spiro atoms. The monoisotopic (exact) mass is 461 g/mol. The summed E-state index contributed by atoms with van der Waals surface area (Å²) >= 11 is 1.87. The molecular weight excluding hydrogens is 438 g/mol. The highest BCUT2D eigenvalue weighted by molar-refractivity contribution is 7.99. The summed E-state index contributed by atoms with van der Waals surface area (Å²) < 4.78 is 0. The standard InChI is InChI=1S/C23H23N7O2S/c1-15-13-19(29-9-11-33-12-10-29)22(30(31)32)16(2)21(15)27-20-7-8-25-23(28-20)26-18-5-3-17(14-24)4-6-18/h3-8,13H,9-12H2,1-2H3,(H2,25,26,27,28). The van der Waals surface area contributed by atoms with Crippen LogP contribution in [0.2, 0.25) is 0 Å². The molecule has 3 aromatic rings. The van der Waals surface area contributed by atoms with Gasteiger partial charge in [0.25, 0.3) is 5.69 Å². The maximum atomic E-state index is 12.0. The van der Waals surface area contributed by atoms with Gasteiger partial charge < -0.3 is 15.5 Å². The van der Waals surface area contributed by atoms with Crippen LogP contribution < -0.4 is 15.5 Å². The van der Waals surface area contributed by atoms with Crippen LogP contribution in [0.25, 0.3) is 0 Å². The third-order valence-corrected chi connectivity index (χ3v) is 6.38. The van der Waals surface area contributed by atoms with Crippen LogP contribution in [-0.2, 0) is 0 Å². The molecule has 2 heterocycles. The maximum Gasteiger partial charge on any atom is 0.297 e. The molecule has 2 aromatic carbocycles. The molecule has 4 rings (SSSR count). The van der Waals surface area contributed by atoms with Crippen molar-refractivity contribution in [1.29, 1.82) is 5.26 Å². The molecule has 33 heavy (non-hydrogen) atoms. The van der Waals surface area contributed by atoms with Gasteiger partial charge in [-0.2, -0.15) is 22.0 Å². The van der Waals surface area contributed by atoms with Gasteiger partial charge >= 0.3 is 0 Å². The van der Waals surface area contributed by atoms with Crippen LogP contribution in [0.4, 0.5) is 34.5 Å². The van der Waals surface area contributed by atoms with Gasteiger partial charge in [0.1, 0.15) is 11.5 Å². The van der Waals surface area contributed by atoms with Gasteiger partial charge in [-0.05, 0) is 55.8 Å². The maximum absolute atomic E-state index is 12.0. The number of hydrogen-bond acceptors (Lipinski definition) is 9. The van der Waals surface area contributed by atoms with E-state index >= 15 is 0 Å². The number of hydrogen-bond donors (Lipinski definition) is 2. The van der Waals surface area contributed by atoms with Crippen LogP contribution in [-0.4, -0.2) is 39.5 Å². The Kier molecular flexibility index (Phi) is 6.60. The molecule has 0 amide bonds. The summed E-state index contributed by atoms with van der Waals surface area (Å²) in [5, 5.41) is 27.3. The van der Waals surface area contributed by atoms with Crippen LogP contribution in [0.15, 0.2) is 42.6 Å². The SMILES string of the molecule is Cc1cc(N2CCSCC2)c([N+](=O)[O-])c(C)c1Nc1ccnc(Nc2ccc(C#N)cc2)n1. The molecule has 9 nitrogen and oxygen atoms in total. The molecule has 0 saturated carbocycles. The summed E-state index contributed by atoms with van der Waals surface area (Å²) in [4.78, 5) is 22.5. The molecule has 1 aliphatic rings. The number of benzene rings is 2. The highest BCUT2D eigenvalue weighted by Gasteiger charge is 2.27. The number of thioether (sulfide) groups is 1. The first-order chi connectivity index (χ1) is 16.0. The van der Waals surface area contributed by atoms with Crippen LogP contribution >= 0.6 is 11.8 Å². The molecule has 168 valence electrons. The number of anilines is 5. The second-order valence-corrected chi connectivity index (χ2v) is 8.85. The molecule has 0 aliphatic carbocycles. The van der Waals surface area contributed by atoms with Gasteiger partial charge in [-0.1, -0.05) is 0 Å². The number of aryl methyl sites for hydroxylation is 1. The van der Waals surface area contributed by atoms with Crippen molar-refractivity contribution in [2.45, 2.75) is 13.8 Å². The molecule has 0 bridgehead atoms. The summed E-state index contributed by atoms with van der Waals surface area (Å²) in [7, 11) is 0. The predicted octanol–water partition coefficient (Wildman–Crippen LogP) is 4.91. The first-order valence-corrected chi connectivity index (χ1v) is 11.6. The van der Waals surface area contributed by atoms with Crippen molar-refractivity contribution in [3.05, 3.63) is 69.4 Å². The van der Waals surface area contributed by atoms with E-state index in [1.165, 1.54) is 0 Å². The summed E-state index contributed by atoms with van der Waals surface area (Å²) in [6.07, 6.45) is 1.61. The molecule has 1 aromatic heterocycles. The Morgan fingerprint density at radius 1 is 1.15 bits per heavy atom. The fraction of sp³-hybridized carbons (Fsp3) is 0.261. The topological polar surface area (TPSA) is 120 Å². The molecule has 1 aliphatic heterocycles. The highest BCUT2D eigenvalue weighted by Crippen LogP contribution is 2.40. The fourth-order valence-corrected chi connectivity index (χ4v) is 4.70. The summed E-state index contributed by atoms with van der Waals surface area (Å²) in [5.74, 6) is 2.82. The molecular formula is C23H23N7O2S. The summed E-state index contributed by atoms with van der Waals surface area (Å²) in [5.41, 5.74) is 4.26. The number of nitrogens with zero attached hydrogens (tertiary/aromatic N) is 5. The van der Waals surface area contributed by atoms with Gasteiger partial charge in [-0.25, -0.2) is 4.98 Å². The minimum atomic E-state index is -0.297. The van der Waals surface area contributed by atoms with E-state index in [9.17, 15) is 10.1 Å². The number of nitro groups is 1. The Hall–Kier alpha value is -3.84. The van der Waals surface area contributed by atoms with Crippen molar-refractivity contribution in [2.75, 3.05) is 40.1 Å². The smallest absolute Gasteiger partial charge is 0.297 e. The van der Waals surface area contributed by atoms with E-state index in [-0.39, 0.29) is 10.6 Å². The van der Waals surface area contributed by atoms with Crippen molar-refractivity contribution in [2.24, 2.45) is 0 Å². The van der Waals surface area contributed by atoms with E-state index in [2.05, 4.69) is 31.6 Å². The van der Waals surface area contributed by atoms with Gasteiger partial charge in [0, 0.05) is 36.5 Å². The number of rotatable bonds is 6. The Balaban J connectivity index is 1.62. The van der Waals surface area contributed by atoms with Gasteiger partial charge in [0.05, 0.1) is 27.8 Å². The van der Waals surface area contributed by atoms with E-state index in [0.717, 1.165) is 35.8 Å². The third kappa shape index (κ3) is 4.99. The molecule has 10 heteroatoms. The first kappa shape index (κ1) is 22.4. The van der Waals surface area contributed by atoms with Crippen molar-refractivity contribution < 1.29 is 4.92 Å². The van der Waals surface area contributed by atoms with Crippen molar-refractivity contribution >= 4 is 46.3 Å². The molecule has 0 radical (unpaired) electrons. The fourth-order valence-electron chi connectivity index (χ4n) is 3.79. The van der Waals surface area contributed by atoms with Crippen LogP contribution in [0.5, 0.6) is 0 Å². The molecule has 0 unspecified atom stereocenters. The number of nitriles is 1. The normalized spacial score (nSPS) is 13.3. The highest BCUT2D eigenvalue weighted by atomic mass is 32.2.